The SMILES string of the molecule is CC.CSN1CC2(CCN(C(=O)CNC(=O)C3CCN(C)CC3)CC2)C2=C1C=CC=CC2.Cc1ccccc1. The van der Waals surface area contributed by atoms with Crippen molar-refractivity contribution >= 4 is 23.8 Å². The molecule has 2 amide bonds. The Labute approximate surface area is 240 Å². The maximum absolute atomic E-state index is 12.8. The van der Waals surface area contributed by atoms with Gasteiger partial charge >= 0.3 is 0 Å². The molecule has 0 atom stereocenters. The number of rotatable bonds is 4. The van der Waals surface area contributed by atoms with Gasteiger partial charge in [0.05, 0.1) is 6.54 Å². The highest BCUT2D eigenvalue weighted by molar-refractivity contribution is 7.96. The monoisotopic (exact) mass is 552 g/mol. The summed E-state index contributed by atoms with van der Waals surface area (Å²) in [5.41, 5.74) is 4.38. The Morgan fingerprint density at radius 1 is 1.03 bits per heavy atom. The highest BCUT2D eigenvalue weighted by atomic mass is 32.2. The molecule has 39 heavy (non-hydrogen) atoms. The molecule has 3 heterocycles. The fraction of sp³-hybridized carbons (Fsp3) is 0.562. The van der Waals surface area contributed by atoms with Gasteiger partial charge in [0, 0.05) is 42.9 Å². The molecule has 1 aromatic carbocycles. The topological polar surface area (TPSA) is 55.9 Å². The predicted molar refractivity (Wildman–Crippen MR) is 164 cm³/mol. The molecule has 214 valence electrons. The number of piperidine rings is 2. The second-order valence-electron chi connectivity index (χ2n) is 10.7. The summed E-state index contributed by atoms with van der Waals surface area (Å²) in [6.45, 7) is 10.7. The standard InChI is InChI=1S/C23H34N4O2S.C7H8.C2H6/c1-25-12-8-18(9-13-25)22(29)24-16-21(28)26-14-10-23(11-15-26)17-27(30-2)20-7-5-3-4-6-19(20)23;1-7-5-3-2-4-6-7;1-2/h3-5,7,18H,6,8-17H2,1-2H3,(H,24,29);2-6H,1H3;1-2H3. The van der Waals surface area contributed by atoms with Crippen LogP contribution in [0.4, 0.5) is 0 Å². The van der Waals surface area contributed by atoms with Crippen LogP contribution in [0, 0.1) is 18.3 Å². The molecule has 7 heteroatoms. The Bertz CT molecular complexity index is 1020. The summed E-state index contributed by atoms with van der Waals surface area (Å²) in [5, 5.41) is 2.91. The van der Waals surface area contributed by atoms with E-state index in [1.807, 2.05) is 36.9 Å². The summed E-state index contributed by atoms with van der Waals surface area (Å²) in [4.78, 5) is 29.4. The molecule has 2 saturated heterocycles. The van der Waals surface area contributed by atoms with E-state index in [9.17, 15) is 9.59 Å². The molecule has 6 nitrogen and oxygen atoms in total. The lowest BCUT2D eigenvalue weighted by molar-refractivity contribution is -0.135. The van der Waals surface area contributed by atoms with E-state index in [0.29, 0.717) is 0 Å². The summed E-state index contributed by atoms with van der Waals surface area (Å²) in [7, 11) is 2.09. The third kappa shape index (κ3) is 8.24. The van der Waals surface area contributed by atoms with Crippen LogP contribution >= 0.6 is 11.9 Å². The molecule has 4 aliphatic rings. The minimum absolute atomic E-state index is 0.0446. The highest BCUT2D eigenvalue weighted by Gasteiger charge is 2.46. The lowest BCUT2D eigenvalue weighted by atomic mass is 9.72. The Balaban J connectivity index is 0.000000401. The Morgan fingerprint density at radius 3 is 2.28 bits per heavy atom. The number of nitrogens with one attached hydrogen (secondary N) is 1. The van der Waals surface area contributed by atoms with Gasteiger partial charge in [-0.2, -0.15) is 0 Å². The first-order valence-corrected chi connectivity index (χ1v) is 15.7. The first-order chi connectivity index (χ1) is 18.9. The van der Waals surface area contributed by atoms with Crippen molar-refractivity contribution in [2.75, 3.05) is 52.6 Å². The number of carbonyl (C=O) groups is 2. The molecule has 1 spiro atoms. The van der Waals surface area contributed by atoms with E-state index in [1.165, 1.54) is 16.8 Å². The van der Waals surface area contributed by atoms with Crippen LogP contribution in [0.2, 0.25) is 0 Å². The van der Waals surface area contributed by atoms with E-state index < -0.39 is 0 Å². The van der Waals surface area contributed by atoms with Crippen molar-refractivity contribution in [1.82, 2.24) is 19.4 Å². The van der Waals surface area contributed by atoms with E-state index >= 15 is 0 Å². The van der Waals surface area contributed by atoms with Crippen LogP contribution in [0.25, 0.3) is 0 Å². The molecule has 1 N–H and O–H groups in total. The first kappa shape index (κ1) is 31.0. The fourth-order valence-electron chi connectivity index (χ4n) is 5.82. The second kappa shape index (κ2) is 15.3. The van der Waals surface area contributed by atoms with Crippen LogP contribution in [-0.2, 0) is 9.59 Å². The number of likely N-dealkylation sites (tertiary alicyclic amines) is 2. The van der Waals surface area contributed by atoms with Crippen LogP contribution in [0.1, 0.15) is 51.5 Å². The molecule has 0 saturated carbocycles. The van der Waals surface area contributed by atoms with Gasteiger partial charge in [-0.3, -0.25) is 9.59 Å². The zero-order valence-electron chi connectivity index (χ0n) is 24.6. The van der Waals surface area contributed by atoms with Crippen LogP contribution in [0.15, 0.2) is 65.9 Å². The summed E-state index contributed by atoms with van der Waals surface area (Å²) in [6, 6.07) is 10.3. The minimum Gasteiger partial charge on any atom is -0.347 e. The Morgan fingerprint density at radius 2 is 1.69 bits per heavy atom. The largest absolute Gasteiger partial charge is 0.347 e. The average molecular weight is 553 g/mol. The van der Waals surface area contributed by atoms with Crippen LogP contribution in [0.5, 0.6) is 0 Å². The van der Waals surface area contributed by atoms with E-state index in [0.717, 1.165) is 64.8 Å². The molecule has 3 aliphatic heterocycles. The molecular formula is C32H48N4O2S. The van der Waals surface area contributed by atoms with Crippen molar-refractivity contribution in [2.24, 2.45) is 11.3 Å². The lowest BCUT2D eigenvalue weighted by Crippen LogP contribution is -2.49. The van der Waals surface area contributed by atoms with Crippen molar-refractivity contribution in [3.8, 4) is 0 Å². The molecule has 1 aromatic rings. The molecule has 0 unspecified atom stereocenters. The molecule has 5 rings (SSSR count). The van der Waals surface area contributed by atoms with Gasteiger partial charge in [0.1, 0.15) is 0 Å². The summed E-state index contributed by atoms with van der Waals surface area (Å²) < 4.78 is 2.41. The number of amides is 2. The van der Waals surface area contributed by atoms with E-state index in [2.05, 4.69) is 71.2 Å². The number of aryl methyl sites for hydroxylation is 1. The fourth-order valence-corrected chi connectivity index (χ4v) is 6.57. The number of carbonyl (C=O) groups excluding carboxylic acids is 2. The number of benzene rings is 1. The number of nitrogens with zero attached hydrogens (tertiary/aromatic N) is 3. The predicted octanol–water partition coefficient (Wildman–Crippen LogP) is 5.44. The Hall–Kier alpha value is -2.51. The zero-order chi connectivity index (χ0) is 28.3. The van der Waals surface area contributed by atoms with Gasteiger partial charge in [0.15, 0.2) is 0 Å². The zero-order valence-corrected chi connectivity index (χ0v) is 25.4. The lowest BCUT2D eigenvalue weighted by Gasteiger charge is -2.41. The van der Waals surface area contributed by atoms with Gasteiger partial charge in [-0.15, -0.1) is 0 Å². The van der Waals surface area contributed by atoms with Crippen molar-refractivity contribution in [3.05, 3.63) is 71.5 Å². The number of hydrogen-bond donors (Lipinski definition) is 1. The first-order valence-electron chi connectivity index (χ1n) is 14.6. The number of fused-ring (bicyclic) bond motifs is 1. The highest BCUT2D eigenvalue weighted by Crippen LogP contribution is 2.50. The van der Waals surface area contributed by atoms with E-state index in [1.54, 1.807) is 11.9 Å². The third-order valence-corrected chi connectivity index (χ3v) is 8.99. The maximum Gasteiger partial charge on any atom is 0.241 e. The molecule has 0 radical (unpaired) electrons. The van der Waals surface area contributed by atoms with Crippen LogP contribution in [0.3, 0.4) is 0 Å². The van der Waals surface area contributed by atoms with Crippen molar-refractivity contribution < 1.29 is 9.59 Å². The smallest absolute Gasteiger partial charge is 0.241 e. The van der Waals surface area contributed by atoms with Gasteiger partial charge < -0.3 is 19.4 Å². The summed E-state index contributed by atoms with van der Waals surface area (Å²) in [5.74, 6) is 0.153. The van der Waals surface area contributed by atoms with Crippen LogP contribution in [-0.4, -0.2) is 78.5 Å². The second-order valence-corrected chi connectivity index (χ2v) is 11.5. The molecule has 0 bridgehead atoms. The van der Waals surface area contributed by atoms with E-state index in [-0.39, 0.29) is 29.7 Å². The minimum atomic E-state index is 0.0446. The molecule has 0 aromatic heterocycles. The maximum atomic E-state index is 12.8. The molecule has 1 aliphatic carbocycles. The Kier molecular flexibility index (Phi) is 12.2. The van der Waals surface area contributed by atoms with Gasteiger partial charge in [-0.05, 0) is 70.8 Å². The normalized spacial score (nSPS) is 20.4. The van der Waals surface area contributed by atoms with Gasteiger partial charge in [0.25, 0.3) is 0 Å². The van der Waals surface area contributed by atoms with Crippen molar-refractivity contribution in [2.45, 2.75) is 52.9 Å². The molecule has 2 fully saturated rings. The summed E-state index contributed by atoms with van der Waals surface area (Å²) in [6.07, 6.45) is 15.7. The summed E-state index contributed by atoms with van der Waals surface area (Å²) >= 11 is 1.79. The molecular weight excluding hydrogens is 504 g/mol. The van der Waals surface area contributed by atoms with Crippen LogP contribution < -0.4 is 5.32 Å². The van der Waals surface area contributed by atoms with E-state index in [4.69, 9.17) is 0 Å². The number of allylic oxidation sites excluding steroid dienone is 4. The van der Waals surface area contributed by atoms with Gasteiger partial charge in [-0.1, -0.05) is 79.9 Å². The van der Waals surface area contributed by atoms with Crippen molar-refractivity contribution in [1.29, 1.82) is 0 Å². The van der Waals surface area contributed by atoms with Gasteiger partial charge in [-0.25, -0.2) is 0 Å². The quantitative estimate of drug-likeness (QED) is 0.505. The third-order valence-electron chi connectivity index (χ3n) is 8.22. The van der Waals surface area contributed by atoms with Gasteiger partial charge in [0.2, 0.25) is 11.8 Å². The van der Waals surface area contributed by atoms with Crippen molar-refractivity contribution in [3.63, 3.8) is 0 Å². The number of hydrogen-bond acceptors (Lipinski definition) is 5. The average Bonchev–Trinajstić information content (AvgIpc) is 3.10.